The molecular weight excluding hydrogens is 276 g/mol. The van der Waals surface area contributed by atoms with Gasteiger partial charge in [0.15, 0.2) is 9.84 Å². The van der Waals surface area contributed by atoms with Gasteiger partial charge in [-0.25, -0.2) is 8.42 Å². The van der Waals surface area contributed by atoms with Crippen LogP contribution >= 0.6 is 0 Å². The van der Waals surface area contributed by atoms with Crippen LogP contribution in [-0.4, -0.2) is 27.1 Å². The summed E-state index contributed by atoms with van der Waals surface area (Å²) in [6.45, 7) is 4.60. The Hall–Kier alpha value is -1.40. The summed E-state index contributed by atoms with van der Waals surface area (Å²) in [5, 5.41) is 2.82. The predicted octanol–water partition coefficient (Wildman–Crippen LogP) is 0.937. The van der Waals surface area contributed by atoms with Gasteiger partial charge in [0.25, 0.3) is 0 Å². The zero-order valence-electron chi connectivity index (χ0n) is 12.1. The minimum atomic E-state index is -3.18. The quantitative estimate of drug-likeness (QED) is 0.818. The van der Waals surface area contributed by atoms with Crippen molar-refractivity contribution in [3.05, 3.63) is 29.8 Å². The largest absolute Gasteiger partial charge is 0.352 e. The Morgan fingerprint density at radius 1 is 1.25 bits per heavy atom. The van der Waals surface area contributed by atoms with E-state index in [0.717, 1.165) is 11.8 Å². The predicted molar refractivity (Wildman–Crippen MR) is 78.8 cm³/mol. The molecule has 0 bridgehead atoms. The molecule has 0 aliphatic carbocycles. The summed E-state index contributed by atoms with van der Waals surface area (Å²) in [7, 11) is -3.18. The lowest BCUT2D eigenvalue weighted by Crippen LogP contribution is -2.37. The van der Waals surface area contributed by atoms with Crippen molar-refractivity contribution < 1.29 is 13.2 Å². The van der Waals surface area contributed by atoms with Gasteiger partial charge in [0.1, 0.15) is 0 Å². The minimum Gasteiger partial charge on any atom is -0.352 e. The van der Waals surface area contributed by atoms with Gasteiger partial charge in [-0.1, -0.05) is 26.0 Å². The van der Waals surface area contributed by atoms with Crippen molar-refractivity contribution in [3.63, 3.8) is 0 Å². The molecule has 5 nitrogen and oxygen atoms in total. The van der Waals surface area contributed by atoms with Gasteiger partial charge in [-0.2, -0.15) is 0 Å². The molecule has 0 radical (unpaired) electrons. The Morgan fingerprint density at radius 2 is 1.80 bits per heavy atom. The standard InChI is InChI=1S/C14H22N2O3S/c1-10(2)13(8-15)14(17)16-9-11-4-6-12(7-5-11)20(3,18)19/h4-7,10,13H,8-9,15H2,1-3H3,(H,16,17). The van der Waals surface area contributed by atoms with Crippen LogP contribution in [0.3, 0.4) is 0 Å². The van der Waals surface area contributed by atoms with E-state index in [2.05, 4.69) is 5.32 Å². The molecule has 1 atom stereocenters. The Balaban J connectivity index is 2.65. The first kappa shape index (κ1) is 16.7. The number of sulfone groups is 1. The van der Waals surface area contributed by atoms with E-state index in [0.29, 0.717) is 13.1 Å². The van der Waals surface area contributed by atoms with Crippen LogP contribution in [0.25, 0.3) is 0 Å². The van der Waals surface area contributed by atoms with Crippen LogP contribution in [0.5, 0.6) is 0 Å². The lowest BCUT2D eigenvalue weighted by Gasteiger charge is -2.18. The molecular formula is C14H22N2O3S. The second-order valence-corrected chi connectivity index (χ2v) is 7.24. The van der Waals surface area contributed by atoms with Gasteiger partial charge in [-0.05, 0) is 23.6 Å². The number of carbonyl (C=O) groups is 1. The molecule has 1 aromatic rings. The molecule has 0 aliphatic heterocycles. The van der Waals surface area contributed by atoms with Gasteiger partial charge in [-0.15, -0.1) is 0 Å². The van der Waals surface area contributed by atoms with Gasteiger partial charge in [0.05, 0.1) is 10.8 Å². The van der Waals surface area contributed by atoms with Gasteiger partial charge in [0.2, 0.25) is 5.91 Å². The normalized spacial score (nSPS) is 13.2. The van der Waals surface area contributed by atoms with Crippen LogP contribution in [0.15, 0.2) is 29.2 Å². The van der Waals surface area contributed by atoms with E-state index in [1.807, 2.05) is 13.8 Å². The maximum atomic E-state index is 11.9. The molecule has 3 N–H and O–H groups in total. The second-order valence-electron chi connectivity index (χ2n) is 5.22. The molecule has 20 heavy (non-hydrogen) atoms. The summed E-state index contributed by atoms with van der Waals surface area (Å²) in [5.74, 6) is -0.0902. The molecule has 0 saturated carbocycles. The minimum absolute atomic E-state index is 0.0744. The molecule has 1 amide bonds. The van der Waals surface area contributed by atoms with Gasteiger partial charge in [0, 0.05) is 19.3 Å². The molecule has 6 heteroatoms. The molecule has 0 saturated heterocycles. The van der Waals surface area contributed by atoms with Crippen molar-refractivity contribution in [2.45, 2.75) is 25.3 Å². The summed E-state index contributed by atoms with van der Waals surface area (Å²) in [5.41, 5.74) is 6.44. The van der Waals surface area contributed by atoms with Crippen molar-refractivity contribution in [2.75, 3.05) is 12.8 Å². The summed E-state index contributed by atoms with van der Waals surface area (Å²) in [6.07, 6.45) is 1.16. The molecule has 0 fully saturated rings. The second kappa shape index (κ2) is 6.85. The van der Waals surface area contributed by atoms with Gasteiger partial charge >= 0.3 is 0 Å². The third kappa shape index (κ3) is 4.61. The SMILES string of the molecule is CC(C)C(CN)C(=O)NCc1ccc(S(C)(=O)=O)cc1. The third-order valence-electron chi connectivity index (χ3n) is 3.21. The van der Waals surface area contributed by atoms with E-state index >= 15 is 0 Å². The van der Waals surface area contributed by atoms with Gasteiger partial charge < -0.3 is 11.1 Å². The fourth-order valence-corrected chi connectivity index (χ4v) is 2.49. The highest BCUT2D eigenvalue weighted by molar-refractivity contribution is 7.90. The summed E-state index contributed by atoms with van der Waals surface area (Å²) in [6, 6.07) is 6.48. The van der Waals surface area contributed by atoms with E-state index in [9.17, 15) is 13.2 Å². The fourth-order valence-electron chi connectivity index (χ4n) is 1.86. The number of hydrogen-bond acceptors (Lipinski definition) is 4. The van der Waals surface area contributed by atoms with Crippen LogP contribution < -0.4 is 11.1 Å². The molecule has 0 spiro atoms. The molecule has 1 unspecified atom stereocenters. The van der Waals surface area contributed by atoms with Crippen LogP contribution in [0.1, 0.15) is 19.4 Å². The molecule has 0 aromatic heterocycles. The first-order valence-electron chi connectivity index (χ1n) is 6.52. The van der Waals surface area contributed by atoms with E-state index in [4.69, 9.17) is 5.73 Å². The number of amides is 1. The molecule has 1 rings (SSSR count). The summed E-state index contributed by atoms with van der Waals surface area (Å²) in [4.78, 5) is 12.2. The average molecular weight is 298 g/mol. The van der Waals surface area contributed by atoms with Crippen LogP contribution in [0.4, 0.5) is 0 Å². The van der Waals surface area contributed by atoms with Crippen LogP contribution in [-0.2, 0) is 21.2 Å². The Kier molecular flexibility index (Phi) is 5.71. The first-order chi connectivity index (χ1) is 9.25. The topological polar surface area (TPSA) is 89.3 Å². The van der Waals surface area contributed by atoms with Crippen molar-refractivity contribution in [1.82, 2.24) is 5.32 Å². The van der Waals surface area contributed by atoms with E-state index < -0.39 is 9.84 Å². The Labute approximate surface area is 120 Å². The Morgan fingerprint density at radius 3 is 2.20 bits per heavy atom. The number of carbonyl (C=O) groups excluding carboxylic acids is 1. The first-order valence-corrected chi connectivity index (χ1v) is 8.41. The number of hydrogen-bond donors (Lipinski definition) is 2. The number of nitrogens with two attached hydrogens (primary N) is 1. The zero-order chi connectivity index (χ0) is 15.3. The van der Waals surface area contributed by atoms with Crippen molar-refractivity contribution >= 4 is 15.7 Å². The number of nitrogens with one attached hydrogen (secondary N) is 1. The lowest BCUT2D eigenvalue weighted by atomic mass is 9.95. The molecule has 0 aliphatic rings. The third-order valence-corrected chi connectivity index (χ3v) is 4.34. The highest BCUT2D eigenvalue weighted by atomic mass is 32.2. The van der Waals surface area contributed by atoms with Crippen LogP contribution in [0.2, 0.25) is 0 Å². The maximum absolute atomic E-state index is 11.9. The van der Waals surface area contributed by atoms with Crippen molar-refractivity contribution in [1.29, 1.82) is 0 Å². The Bertz CT molecular complexity index is 550. The van der Waals surface area contributed by atoms with E-state index in [1.54, 1.807) is 24.3 Å². The number of benzene rings is 1. The molecule has 0 heterocycles. The fraction of sp³-hybridized carbons (Fsp3) is 0.500. The molecule has 1 aromatic carbocycles. The monoisotopic (exact) mass is 298 g/mol. The van der Waals surface area contributed by atoms with E-state index in [-0.39, 0.29) is 22.6 Å². The lowest BCUT2D eigenvalue weighted by molar-refractivity contribution is -0.126. The molecule has 112 valence electrons. The maximum Gasteiger partial charge on any atom is 0.224 e. The van der Waals surface area contributed by atoms with Gasteiger partial charge in [-0.3, -0.25) is 4.79 Å². The number of rotatable bonds is 6. The van der Waals surface area contributed by atoms with Crippen molar-refractivity contribution in [2.24, 2.45) is 17.6 Å². The zero-order valence-corrected chi connectivity index (χ0v) is 12.9. The highest BCUT2D eigenvalue weighted by Crippen LogP contribution is 2.12. The smallest absolute Gasteiger partial charge is 0.224 e. The van der Waals surface area contributed by atoms with Crippen LogP contribution in [0, 0.1) is 11.8 Å². The summed E-state index contributed by atoms with van der Waals surface area (Å²) < 4.78 is 22.7. The highest BCUT2D eigenvalue weighted by Gasteiger charge is 2.19. The van der Waals surface area contributed by atoms with Crippen molar-refractivity contribution in [3.8, 4) is 0 Å². The average Bonchev–Trinajstić information content (AvgIpc) is 2.36. The van der Waals surface area contributed by atoms with E-state index in [1.165, 1.54) is 0 Å². The summed E-state index contributed by atoms with van der Waals surface area (Å²) >= 11 is 0.